The number of aliphatic hydroxyl groups excluding tert-OH is 3. The van der Waals surface area contributed by atoms with E-state index in [4.69, 9.17) is 14.2 Å². The van der Waals surface area contributed by atoms with Gasteiger partial charge in [0.2, 0.25) is 0 Å². The third kappa shape index (κ3) is 8.14. The molecule has 0 aromatic rings. The summed E-state index contributed by atoms with van der Waals surface area (Å²) in [6.07, 6.45) is -5.77. The fourth-order valence-electron chi connectivity index (χ4n) is 6.36. The molecule has 2 aliphatic heterocycles. The van der Waals surface area contributed by atoms with Gasteiger partial charge in [0.1, 0.15) is 23.9 Å². The van der Waals surface area contributed by atoms with Gasteiger partial charge in [0.25, 0.3) is 0 Å². The van der Waals surface area contributed by atoms with Crippen LogP contribution in [0, 0.1) is 17.8 Å². The van der Waals surface area contributed by atoms with Crippen LogP contribution in [0.2, 0.25) is 0 Å². The lowest BCUT2D eigenvalue weighted by Crippen LogP contribution is -2.59. The highest BCUT2D eigenvalue weighted by molar-refractivity contribution is 5.73. The lowest BCUT2D eigenvalue weighted by molar-refractivity contribution is -0.299. The Morgan fingerprint density at radius 1 is 1.05 bits per heavy atom. The minimum atomic E-state index is -1.75. The van der Waals surface area contributed by atoms with E-state index < -0.39 is 71.9 Å². The molecule has 0 unspecified atom stereocenters. The summed E-state index contributed by atoms with van der Waals surface area (Å²) in [5.41, 5.74) is -3.25. The number of hydrogen-bond donors (Lipinski definition) is 6. The second kappa shape index (κ2) is 14.1. The molecule has 2 fully saturated rings. The van der Waals surface area contributed by atoms with Crippen LogP contribution in [0.4, 0.5) is 0 Å². The van der Waals surface area contributed by atoms with E-state index in [2.05, 4.69) is 5.32 Å². The van der Waals surface area contributed by atoms with Crippen molar-refractivity contribution in [3.05, 3.63) is 0 Å². The van der Waals surface area contributed by atoms with Gasteiger partial charge in [0.05, 0.1) is 29.8 Å². The zero-order valence-corrected chi connectivity index (χ0v) is 26.1. The van der Waals surface area contributed by atoms with Crippen molar-refractivity contribution in [2.75, 3.05) is 20.6 Å². The summed E-state index contributed by atoms with van der Waals surface area (Å²) in [6, 6.07) is -0.783. The number of cyclic esters (lactones) is 1. The van der Waals surface area contributed by atoms with Crippen molar-refractivity contribution in [2.45, 2.75) is 141 Å². The van der Waals surface area contributed by atoms with E-state index in [1.54, 1.807) is 27.7 Å². The van der Waals surface area contributed by atoms with Crippen LogP contribution in [-0.2, 0) is 19.0 Å². The van der Waals surface area contributed by atoms with Crippen LogP contribution in [0.25, 0.3) is 0 Å². The molecule has 40 heavy (non-hydrogen) atoms. The fourth-order valence-corrected chi connectivity index (χ4v) is 6.36. The van der Waals surface area contributed by atoms with Crippen LogP contribution in [0.3, 0.4) is 0 Å². The number of nitrogens with one attached hydrogen (secondary N) is 1. The Morgan fingerprint density at radius 2 is 1.65 bits per heavy atom. The monoisotopic (exact) mass is 576 g/mol. The predicted octanol–water partition coefficient (Wildman–Crippen LogP) is 0.633. The number of aliphatic hydroxyl groups is 5. The molecule has 0 amide bonds. The van der Waals surface area contributed by atoms with Gasteiger partial charge in [-0.1, -0.05) is 20.8 Å². The molecular formula is C29H56N2O9. The summed E-state index contributed by atoms with van der Waals surface area (Å²) in [5.74, 6) is -2.67. The van der Waals surface area contributed by atoms with E-state index in [0.717, 1.165) is 0 Å². The second-order valence-electron chi connectivity index (χ2n) is 13.1. The zero-order valence-electron chi connectivity index (χ0n) is 26.1. The van der Waals surface area contributed by atoms with Gasteiger partial charge in [0, 0.05) is 18.0 Å². The molecule has 2 rings (SSSR count). The minimum Gasteiger partial charge on any atom is -0.459 e. The van der Waals surface area contributed by atoms with Gasteiger partial charge in [-0.05, 0) is 80.4 Å². The highest BCUT2D eigenvalue weighted by Crippen LogP contribution is 2.36. The Hall–Kier alpha value is -0.890. The van der Waals surface area contributed by atoms with E-state index in [1.165, 1.54) is 13.8 Å². The summed E-state index contributed by atoms with van der Waals surface area (Å²) in [5, 5.41) is 59.8. The molecule has 11 nitrogen and oxygen atoms in total. The molecule has 0 bridgehead atoms. The van der Waals surface area contributed by atoms with Crippen molar-refractivity contribution in [3.63, 3.8) is 0 Å². The van der Waals surface area contributed by atoms with Crippen molar-refractivity contribution in [1.82, 2.24) is 10.2 Å². The summed E-state index contributed by atoms with van der Waals surface area (Å²) in [6.45, 7) is 14.0. The molecular weight excluding hydrogens is 520 g/mol. The summed E-state index contributed by atoms with van der Waals surface area (Å²) >= 11 is 0. The lowest BCUT2D eigenvalue weighted by atomic mass is 9.78. The Morgan fingerprint density at radius 3 is 2.20 bits per heavy atom. The summed E-state index contributed by atoms with van der Waals surface area (Å²) < 4.78 is 18.0. The van der Waals surface area contributed by atoms with Crippen LogP contribution >= 0.6 is 0 Å². The molecule has 0 aromatic heterocycles. The number of rotatable bonds is 4. The zero-order chi connectivity index (χ0) is 30.7. The lowest BCUT2D eigenvalue weighted by Gasteiger charge is -2.46. The maximum absolute atomic E-state index is 13.2. The molecule has 2 heterocycles. The summed E-state index contributed by atoms with van der Waals surface area (Å²) in [4.78, 5) is 15.1. The van der Waals surface area contributed by atoms with Crippen molar-refractivity contribution in [2.24, 2.45) is 17.8 Å². The Bertz CT molecular complexity index is 810. The number of nitrogens with zero attached hydrogens (tertiary/aromatic N) is 1. The largest absolute Gasteiger partial charge is 0.459 e. The number of likely N-dealkylation sites (N-methyl/N-ethyl adjacent to an activating group) is 1. The molecule has 0 aliphatic carbocycles. The molecule has 0 saturated carbocycles. The third-order valence-corrected chi connectivity index (χ3v) is 8.97. The van der Waals surface area contributed by atoms with E-state index in [-0.39, 0.29) is 30.9 Å². The molecule has 6 N–H and O–H groups in total. The minimum absolute atomic E-state index is 0.113. The smallest absolute Gasteiger partial charge is 0.311 e. The Kier molecular flexibility index (Phi) is 12.4. The number of esters is 1. The molecule has 14 atom stereocenters. The standard InChI is InChI=1S/C29H56N2O9/c1-11-21-29(8,37)24(34)19(6)30-14-15(2)13-28(7,36)25(17(4)22(32)18(5)26(35)39-21)40-27-23(33)20(31(9)10)12-16(3)38-27/h15-25,27,30,32-34,36-37H,11-14H2,1-10H3/t15-,16-,17-,18-,19+,20+,21+,22-,23-,24-,25-,27+,28+,29-/m1/s1. The van der Waals surface area contributed by atoms with Crippen molar-refractivity contribution in [3.8, 4) is 0 Å². The van der Waals surface area contributed by atoms with Gasteiger partial charge in [-0.15, -0.1) is 0 Å². The number of carbonyl (C=O) groups is 1. The Balaban J connectivity index is 2.48. The van der Waals surface area contributed by atoms with Gasteiger partial charge in [-0.3, -0.25) is 4.79 Å². The van der Waals surface area contributed by atoms with Crippen molar-refractivity contribution >= 4 is 5.97 Å². The van der Waals surface area contributed by atoms with E-state index >= 15 is 0 Å². The molecule has 236 valence electrons. The van der Waals surface area contributed by atoms with Crippen molar-refractivity contribution in [1.29, 1.82) is 0 Å². The average Bonchev–Trinajstić information content (AvgIpc) is 2.87. The van der Waals surface area contributed by atoms with E-state index in [1.807, 2.05) is 32.8 Å². The van der Waals surface area contributed by atoms with Crippen LogP contribution in [0.1, 0.15) is 74.7 Å². The van der Waals surface area contributed by atoms with Gasteiger partial charge < -0.3 is 50.0 Å². The molecule has 0 aromatic carbocycles. The maximum Gasteiger partial charge on any atom is 0.311 e. The number of ether oxygens (including phenoxy) is 3. The first-order chi connectivity index (χ1) is 18.3. The third-order valence-electron chi connectivity index (χ3n) is 8.97. The molecule has 11 heteroatoms. The van der Waals surface area contributed by atoms with Gasteiger partial charge >= 0.3 is 5.97 Å². The van der Waals surface area contributed by atoms with E-state index in [9.17, 15) is 30.3 Å². The van der Waals surface area contributed by atoms with E-state index in [0.29, 0.717) is 13.0 Å². The Labute approximate surface area is 240 Å². The highest BCUT2D eigenvalue weighted by Gasteiger charge is 2.49. The number of hydrogen-bond acceptors (Lipinski definition) is 11. The fraction of sp³-hybridized carbons (Fsp3) is 0.966. The predicted molar refractivity (Wildman–Crippen MR) is 150 cm³/mol. The van der Waals surface area contributed by atoms with Crippen LogP contribution in [0.5, 0.6) is 0 Å². The van der Waals surface area contributed by atoms with Crippen molar-refractivity contribution < 1.29 is 44.5 Å². The molecule has 0 radical (unpaired) electrons. The van der Waals surface area contributed by atoms with Gasteiger partial charge in [0.15, 0.2) is 6.29 Å². The topological polar surface area (TPSA) is 161 Å². The first-order valence-corrected chi connectivity index (χ1v) is 14.7. The maximum atomic E-state index is 13.2. The van der Waals surface area contributed by atoms with Crippen LogP contribution in [-0.4, -0.2) is 123 Å². The molecule has 2 aliphatic rings. The van der Waals surface area contributed by atoms with Gasteiger partial charge in [-0.25, -0.2) is 0 Å². The second-order valence-corrected chi connectivity index (χ2v) is 13.1. The van der Waals surface area contributed by atoms with Crippen LogP contribution < -0.4 is 5.32 Å². The first kappa shape index (κ1) is 35.3. The SMILES string of the molecule is CC[C@@H]1OC(=O)[C@H](C)[C@H](O)[C@@H](C)[C@@H](O[C@@H]2O[C@H](C)C[C@H](N(C)C)[C@H]2O)[C@@](C)(O)C[C@@H](C)CN[C@@H](C)[C@@H](O)[C@]1(C)O. The summed E-state index contributed by atoms with van der Waals surface area (Å²) in [7, 11) is 3.74. The highest BCUT2D eigenvalue weighted by atomic mass is 16.7. The first-order valence-electron chi connectivity index (χ1n) is 14.7. The van der Waals surface area contributed by atoms with Crippen LogP contribution in [0.15, 0.2) is 0 Å². The molecule has 0 spiro atoms. The molecule has 2 saturated heterocycles. The number of carbonyl (C=O) groups excluding carboxylic acids is 1. The average molecular weight is 577 g/mol. The normalized spacial score (nSPS) is 48.8. The van der Waals surface area contributed by atoms with Gasteiger partial charge in [-0.2, -0.15) is 0 Å². The quantitative estimate of drug-likeness (QED) is 0.261.